The Balaban J connectivity index is 1.73. The normalized spacial score (nSPS) is 20.2. The van der Waals surface area contributed by atoms with Crippen LogP contribution in [0.15, 0.2) is 18.2 Å². The Morgan fingerprint density at radius 3 is 2.31 bits per heavy atom. The molecule has 1 aromatic carbocycles. The summed E-state index contributed by atoms with van der Waals surface area (Å²) in [6.07, 6.45) is 5.35. The fraction of sp³-hybridized carbons (Fsp3) is 0.538. The molecule has 1 nitrogen and oxygen atoms in total. The lowest BCUT2D eigenvalue weighted by molar-refractivity contribution is 0.567. The minimum atomic E-state index is -0.346. The van der Waals surface area contributed by atoms with Crippen LogP contribution in [0.3, 0.4) is 0 Å². The van der Waals surface area contributed by atoms with E-state index in [0.717, 1.165) is 17.5 Å². The Morgan fingerprint density at radius 1 is 1.19 bits per heavy atom. The second-order valence-corrected chi connectivity index (χ2v) is 5.38. The minimum absolute atomic E-state index is 0.204. The molecule has 0 aliphatic heterocycles. The van der Waals surface area contributed by atoms with E-state index in [1.165, 1.54) is 31.7 Å². The molecule has 0 spiro atoms. The third-order valence-corrected chi connectivity index (χ3v) is 3.80. The molecule has 0 heterocycles. The molecule has 1 aromatic rings. The topological polar surface area (TPSA) is 12.0 Å². The molecule has 0 amide bonds. The van der Waals surface area contributed by atoms with Crippen LogP contribution in [0.25, 0.3) is 0 Å². The van der Waals surface area contributed by atoms with Gasteiger partial charge in [-0.1, -0.05) is 11.6 Å². The molecule has 0 atom stereocenters. The van der Waals surface area contributed by atoms with E-state index in [9.17, 15) is 4.39 Å². The minimum Gasteiger partial charge on any atom is -0.382 e. The van der Waals surface area contributed by atoms with E-state index < -0.39 is 0 Å². The van der Waals surface area contributed by atoms with Crippen LogP contribution < -0.4 is 5.32 Å². The lowest BCUT2D eigenvalue weighted by Gasteiger charge is -2.19. The Morgan fingerprint density at radius 2 is 1.81 bits per heavy atom. The molecule has 0 radical (unpaired) electrons. The SMILES string of the molecule is Fc1ccc(NC(C2CC2)C2CC2)cc1Cl. The van der Waals surface area contributed by atoms with Crippen molar-refractivity contribution in [2.45, 2.75) is 31.7 Å². The van der Waals surface area contributed by atoms with E-state index in [4.69, 9.17) is 11.6 Å². The third-order valence-electron chi connectivity index (χ3n) is 3.51. The fourth-order valence-corrected chi connectivity index (χ4v) is 2.49. The van der Waals surface area contributed by atoms with E-state index in [1.54, 1.807) is 12.1 Å². The first-order valence-corrected chi connectivity index (χ1v) is 6.33. The van der Waals surface area contributed by atoms with Crippen LogP contribution in [0.1, 0.15) is 25.7 Å². The Bertz CT molecular complexity index is 387. The zero-order valence-corrected chi connectivity index (χ0v) is 9.80. The van der Waals surface area contributed by atoms with Gasteiger partial charge in [-0.2, -0.15) is 0 Å². The molecule has 0 bridgehead atoms. The molecule has 3 rings (SSSR count). The number of rotatable bonds is 4. The maximum absolute atomic E-state index is 13.0. The summed E-state index contributed by atoms with van der Waals surface area (Å²) in [6, 6.07) is 5.48. The highest BCUT2D eigenvalue weighted by molar-refractivity contribution is 6.31. The van der Waals surface area contributed by atoms with Crippen molar-refractivity contribution in [3.63, 3.8) is 0 Å². The Kier molecular flexibility index (Phi) is 2.55. The predicted octanol–water partition coefficient (Wildman–Crippen LogP) is 4.08. The van der Waals surface area contributed by atoms with E-state index in [1.807, 2.05) is 0 Å². The van der Waals surface area contributed by atoms with Crippen LogP contribution in [0, 0.1) is 17.7 Å². The van der Waals surface area contributed by atoms with Gasteiger partial charge in [-0.15, -0.1) is 0 Å². The Hall–Kier alpha value is -0.760. The third kappa shape index (κ3) is 2.17. The average Bonchev–Trinajstić information content (AvgIpc) is 3.14. The number of hydrogen-bond acceptors (Lipinski definition) is 1. The summed E-state index contributed by atoms with van der Waals surface area (Å²) < 4.78 is 13.0. The lowest BCUT2D eigenvalue weighted by atomic mass is 10.1. The molecule has 0 aromatic heterocycles. The second kappa shape index (κ2) is 3.92. The first-order chi connectivity index (χ1) is 7.74. The molecule has 2 saturated carbocycles. The van der Waals surface area contributed by atoms with Crippen molar-refractivity contribution in [3.05, 3.63) is 29.0 Å². The van der Waals surface area contributed by atoms with E-state index >= 15 is 0 Å². The first-order valence-electron chi connectivity index (χ1n) is 5.95. The summed E-state index contributed by atoms with van der Waals surface area (Å²) in [5.41, 5.74) is 0.954. The van der Waals surface area contributed by atoms with Crippen LogP contribution >= 0.6 is 11.6 Å². The fourth-order valence-electron chi connectivity index (χ4n) is 2.31. The largest absolute Gasteiger partial charge is 0.382 e. The summed E-state index contributed by atoms with van der Waals surface area (Å²) in [7, 11) is 0. The van der Waals surface area contributed by atoms with Gasteiger partial charge in [0.05, 0.1) is 5.02 Å². The van der Waals surface area contributed by atoms with E-state index in [-0.39, 0.29) is 10.8 Å². The zero-order chi connectivity index (χ0) is 11.1. The van der Waals surface area contributed by atoms with Gasteiger partial charge in [0, 0.05) is 11.7 Å². The molecule has 2 fully saturated rings. The van der Waals surface area contributed by atoms with Crippen LogP contribution in [-0.2, 0) is 0 Å². The van der Waals surface area contributed by atoms with Gasteiger partial charge in [0.2, 0.25) is 0 Å². The quantitative estimate of drug-likeness (QED) is 0.835. The number of anilines is 1. The first kappa shape index (κ1) is 10.4. The van der Waals surface area contributed by atoms with Crippen molar-refractivity contribution in [1.82, 2.24) is 0 Å². The average molecular weight is 240 g/mol. The van der Waals surface area contributed by atoms with Crippen molar-refractivity contribution in [1.29, 1.82) is 0 Å². The number of halogens is 2. The summed E-state index contributed by atoms with van der Waals surface area (Å²) in [6.45, 7) is 0. The van der Waals surface area contributed by atoms with Crippen molar-refractivity contribution < 1.29 is 4.39 Å². The highest BCUT2D eigenvalue weighted by Crippen LogP contribution is 2.45. The Labute approximate surface area is 100.0 Å². The van der Waals surface area contributed by atoms with Gasteiger partial charge in [0.25, 0.3) is 0 Å². The van der Waals surface area contributed by atoms with Crippen LogP contribution in [0.2, 0.25) is 5.02 Å². The molecule has 2 aliphatic rings. The summed E-state index contributed by atoms with van der Waals surface area (Å²) in [5, 5.41) is 3.72. The molecular weight excluding hydrogens is 225 g/mol. The van der Waals surface area contributed by atoms with Crippen molar-refractivity contribution in [2.75, 3.05) is 5.32 Å². The molecule has 86 valence electrons. The van der Waals surface area contributed by atoms with Crippen molar-refractivity contribution >= 4 is 17.3 Å². The molecule has 0 unspecified atom stereocenters. The van der Waals surface area contributed by atoms with Crippen molar-refractivity contribution in [2.24, 2.45) is 11.8 Å². The van der Waals surface area contributed by atoms with Gasteiger partial charge in [0.15, 0.2) is 0 Å². The lowest BCUT2D eigenvalue weighted by Crippen LogP contribution is -2.24. The molecule has 2 aliphatic carbocycles. The van der Waals surface area contributed by atoms with Gasteiger partial charge in [-0.3, -0.25) is 0 Å². The standard InChI is InChI=1S/C13H15ClFN/c14-11-7-10(5-6-12(11)15)16-13(8-1-2-8)9-3-4-9/h5-9,13,16H,1-4H2. The van der Waals surface area contributed by atoms with E-state index in [0.29, 0.717) is 6.04 Å². The molecular formula is C13H15ClFN. The second-order valence-electron chi connectivity index (χ2n) is 4.97. The highest BCUT2D eigenvalue weighted by Gasteiger charge is 2.41. The number of nitrogens with one attached hydrogen (secondary N) is 1. The smallest absolute Gasteiger partial charge is 0.141 e. The molecule has 3 heteroatoms. The summed E-state index contributed by atoms with van der Waals surface area (Å²) in [5.74, 6) is 1.31. The van der Waals surface area contributed by atoms with E-state index in [2.05, 4.69) is 5.32 Å². The summed E-state index contributed by atoms with van der Waals surface area (Å²) in [4.78, 5) is 0. The molecule has 1 N–H and O–H groups in total. The van der Waals surface area contributed by atoms with Gasteiger partial charge >= 0.3 is 0 Å². The summed E-state index contributed by atoms with van der Waals surface area (Å²) >= 11 is 5.77. The maximum Gasteiger partial charge on any atom is 0.141 e. The number of benzene rings is 1. The van der Waals surface area contributed by atoms with Gasteiger partial charge in [-0.05, 0) is 55.7 Å². The van der Waals surface area contributed by atoms with Crippen LogP contribution in [0.4, 0.5) is 10.1 Å². The predicted molar refractivity (Wildman–Crippen MR) is 64.3 cm³/mol. The molecule has 16 heavy (non-hydrogen) atoms. The monoisotopic (exact) mass is 239 g/mol. The van der Waals surface area contributed by atoms with Gasteiger partial charge in [-0.25, -0.2) is 4.39 Å². The van der Waals surface area contributed by atoms with Crippen LogP contribution in [-0.4, -0.2) is 6.04 Å². The maximum atomic E-state index is 13.0. The van der Waals surface area contributed by atoms with Crippen LogP contribution in [0.5, 0.6) is 0 Å². The van der Waals surface area contributed by atoms with Crippen molar-refractivity contribution in [3.8, 4) is 0 Å². The van der Waals surface area contributed by atoms with Gasteiger partial charge < -0.3 is 5.32 Å². The van der Waals surface area contributed by atoms with Gasteiger partial charge in [0.1, 0.15) is 5.82 Å². The highest BCUT2D eigenvalue weighted by atomic mass is 35.5. The molecule has 0 saturated heterocycles. The zero-order valence-electron chi connectivity index (χ0n) is 9.05. The number of hydrogen-bond donors (Lipinski definition) is 1.